The number of aromatic nitrogens is 3. The second-order valence-corrected chi connectivity index (χ2v) is 6.94. The van der Waals surface area contributed by atoms with Crippen LogP contribution in [0.25, 0.3) is 0 Å². The van der Waals surface area contributed by atoms with E-state index in [1.165, 1.54) is 6.33 Å². The Bertz CT molecular complexity index is 982. The fourth-order valence-electron chi connectivity index (χ4n) is 3.86. The highest BCUT2D eigenvalue weighted by Gasteiger charge is 2.38. The second kappa shape index (κ2) is 7.95. The van der Waals surface area contributed by atoms with Crippen molar-refractivity contribution in [3.05, 3.63) is 66.0 Å². The molecule has 2 aromatic carbocycles. The third-order valence-electron chi connectivity index (χ3n) is 5.40. The molecule has 1 aliphatic heterocycles. The van der Waals surface area contributed by atoms with Crippen molar-refractivity contribution >= 4 is 11.9 Å². The van der Waals surface area contributed by atoms with Crippen LogP contribution in [0.2, 0.25) is 0 Å². The van der Waals surface area contributed by atoms with Gasteiger partial charge < -0.3 is 9.47 Å². The van der Waals surface area contributed by atoms with Crippen LogP contribution in [0, 0.1) is 0 Å². The van der Waals surface area contributed by atoms with Gasteiger partial charge in [-0.25, -0.2) is 4.68 Å². The summed E-state index contributed by atoms with van der Waals surface area (Å²) in [4.78, 5) is 19.1. The molecule has 150 valence electrons. The Morgan fingerprint density at radius 3 is 2.03 bits per heavy atom. The third kappa shape index (κ3) is 3.44. The molecular formula is C22H24N4O3. The van der Waals surface area contributed by atoms with Gasteiger partial charge in [0.05, 0.1) is 26.3 Å². The zero-order valence-electron chi connectivity index (χ0n) is 16.8. The van der Waals surface area contributed by atoms with Crippen LogP contribution in [0.15, 0.2) is 54.9 Å². The summed E-state index contributed by atoms with van der Waals surface area (Å²) >= 11 is 0. The average molecular weight is 392 g/mol. The van der Waals surface area contributed by atoms with Gasteiger partial charge in [-0.2, -0.15) is 10.1 Å². The molecule has 1 amide bonds. The predicted molar refractivity (Wildman–Crippen MR) is 109 cm³/mol. The Labute approximate surface area is 169 Å². The average Bonchev–Trinajstić information content (AvgIpc) is 3.27. The zero-order valence-corrected chi connectivity index (χ0v) is 16.8. The minimum Gasteiger partial charge on any atom is -0.497 e. The van der Waals surface area contributed by atoms with E-state index in [0.717, 1.165) is 22.6 Å². The maximum absolute atomic E-state index is 12.9. The first-order valence-corrected chi connectivity index (χ1v) is 9.65. The Hall–Kier alpha value is -3.35. The van der Waals surface area contributed by atoms with Crippen molar-refractivity contribution in [1.29, 1.82) is 0 Å². The highest BCUT2D eigenvalue weighted by atomic mass is 16.5. The number of benzene rings is 2. The number of amides is 1. The normalized spacial score (nSPS) is 18.2. The number of ether oxygens (including phenoxy) is 2. The Balaban J connectivity index is 1.79. The molecule has 7 nitrogen and oxygen atoms in total. The molecule has 0 radical (unpaired) electrons. The molecule has 1 aliphatic rings. The number of carbonyl (C=O) groups is 1. The van der Waals surface area contributed by atoms with Gasteiger partial charge in [0.2, 0.25) is 11.9 Å². The molecule has 0 saturated carbocycles. The van der Waals surface area contributed by atoms with E-state index in [9.17, 15) is 4.79 Å². The maximum atomic E-state index is 12.9. The summed E-state index contributed by atoms with van der Waals surface area (Å²) in [6.45, 7) is 1.86. The summed E-state index contributed by atoms with van der Waals surface area (Å²) in [5, 5.41) is 4.44. The summed E-state index contributed by atoms with van der Waals surface area (Å²) in [5.74, 6) is 2.18. The lowest BCUT2D eigenvalue weighted by molar-refractivity contribution is -0.119. The molecular weight excluding hydrogens is 368 g/mol. The van der Waals surface area contributed by atoms with Gasteiger partial charge in [0.15, 0.2) is 0 Å². The first kappa shape index (κ1) is 19.0. The molecule has 0 bridgehead atoms. The Morgan fingerprint density at radius 1 is 0.966 bits per heavy atom. The fourth-order valence-corrected chi connectivity index (χ4v) is 3.86. The predicted octanol–water partition coefficient (Wildman–Crippen LogP) is 3.77. The maximum Gasteiger partial charge on any atom is 0.231 e. The van der Waals surface area contributed by atoms with Gasteiger partial charge in [0.25, 0.3) is 0 Å². The highest BCUT2D eigenvalue weighted by Crippen LogP contribution is 2.42. The minimum absolute atomic E-state index is 0.0215. The van der Waals surface area contributed by atoms with Crippen molar-refractivity contribution in [2.75, 3.05) is 19.1 Å². The van der Waals surface area contributed by atoms with Crippen molar-refractivity contribution < 1.29 is 14.3 Å². The van der Waals surface area contributed by atoms with Crippen LogP contribution in [0.5, 0.6) is 11.5 Å². The van der Waals surface area contributed by atoms with Crippen molar-refractivity contribution in [3.63, 3.8) is 0 Å². The van der Waals surface area contributed by atoms with E-state index in [1.54, 1.807) is 19.1 Å². The van der Waals surface area contributed by atoms with Gasteiger partial charge in [0, 0.05) is 6.42 Å². The number of nitrogens with zero attached hydrogens (tertiary/aromatic N) is 4. The molecule has 0 N–H and O–H groups in total. The lowest BCUT2D eigenvalue weighted by Crippen LogP contribution is -2.42. The van der Waals surface area contributed by atoms with E-state index in [4.69, 9.17) is 9.47 Å². The summed E-state index contributed by atoms with van der Waals surface area (Å²) in [7, 11) is 3.30. The molecule has 0 saturated heterocycles. The van der Waals surface area contributed by atoms with Crippen LogP contribution in [0.3, 0.4) is 0 Å². The molecule has 0 fully saturated rings. The van der Waals surface area contributed by atoms with E-state index >= 15 is 0 Å². The number of anilines is 1. The third-order valence-corrected chi connectivity index (χ3v) is 5.40. The van der Waals surface area contributed by atoms with Crippen LogP contribution in [-0.2, 0) is 4.79 Å². The van der Waals surface area contributed by atoms with Gasteiger partial charge in [0.1, 0.15) is 17.8 Å². The van der Waals surface area contributed by atoms with Gasteiger partial charge >= 0.3 is 0 Å². The molecule has 4 rings (SSSR count). The van der Waals surface area contributed by atoms with Crippen molar-refractivity contribution in [2.45, 2.75) is 31.8 Å². The van der Waals surface area contributed by atoms with Crippen LogP contribution < -0.4 is 14.4 Å². The summed E-state index contributed by atoms with van der Waals surface area (Å²) in [6.07, 6.45) is 2.60. The molecule has 0 aliphatic carbocycles. The quantitative estimate of drug-likeness (QED) is 0.661. The Morgan fingerprint density at radius 2 is 1.52 bits per heavy atom. The molecule has 1 aromatic heterocycles. The topological polar surface area (TPSA) is 69.5 Å². The number of methoxy groups -OCH3 is 2. The molecule has 0 spiro atoms. The van der Waals surface area contributed by atoms with E-state index in [-0.39, 0.29) is 18.0 Å². The van der Waals surface area contributed by atoms with Gasteiger partial charge in [-0.05, 0) is 41.8 Å². The van der Waals surface area contributed by atoms with Crippen molar-refractivity contribution in [1.82, 2.24) is 14.8 Å². The number of fused-ring (bicyclic) bond motifs is 1. The molecule has 3 aromatic rings. The molecule has 2 atom stereocenters. The van der Waals surface area contributed by atoms with Gasteiger partial charge in [-0.1, -0.05) is 31.2 Å². The highest BCUT2D eigenvalue weighted by molar-refractivity contribution is 5.92. The van der Waals surface area contributed by atoms with Crippen molar-refractivity contribution in [2.24, 2.45) is 0 Å². The van der Waals surface area contributed by atoms with E-state index in [1.807, 2.05) is 60.1 Å². The first-order valence-electron chi connectivity index (χ1n) is 9.65. The standard InChI is InChI=1S/C22H24N4O3/c1-4-21(27)25-19(15-5-9-17(28-2)10-6-15)13-20(26-22(25)23-14-24-26)16-7-11-18(29-3)12-8-16/h5-12,14,19-20H,4,13H2,1-3H3/t19-,20+/m0/s1. The SMILES string of the molecule is CCC(=O)N1c2ncnn2[C@@H](c2ccc(OC)cc2)C[C@H]1c1ccc(OC)cc1. The molecule has 0 unspecified atom stereocenters. The number of hydrogen-bond donors (Lipinski definition) is 0. The molecule has 2 heterocycles. The number of hydrogen-bond acceptors (Lipinski definition) is 5. The number of rotatable bonds is 5. The number of carbonyl (C=O) groups excluding carboxylic acids is 1. The monoisotopic (exact) mass is 392 g/mol. The molecule has 29 heavy (non-hydrogen) atoms. The smallest absolute Gasteiger partial charge is 0.231 e. The van der Waals surface area contributed by atoms with E-state index < -0.39 is 0 Å². The van der Waals surface area contributed by atoms with Gasteiger partial charge in [-0.15, -0.1) is 0 Å². The Kier molecular flexibility index (Phi) is 5.20. The lowest BCUT2D eigenvalue weighted by Gasteiger charge is -2.39. The first-order chi connectivity index (χ1) is 14.2. The lowest BCUT2D eigenvalue weighted by atomic mass is 9.91. The zero-order chi connectivity index (χ0) is 20.4. The van der Waals surface area contributed by atoms with Crippen LogP contribution in [0.1, 0.15) is 43.0 Å². The second-order valence-electron chi connectivity index (χ2n) is 6.94. The fraction of sp³-hybridized carbons (Fsp3) is 0.318. The largest absolute Gasteiger partial charge is 0.497 e. The van der Waals surface area contributed by atoms with Crippen LogP contribution in [0.4, 0.5) is 5.95 Å². The summed E-state index contributed by atoms with van der Waals surface area (Å²) < 4.78 is 12.4. The summed E-state index contributed by atoms with van der Waals surface area (Å²) in [6, 6.07) is 15.7. The van der Waals surface area contributed by atoms with Crippen molar-refractivity contribution in [3.8, 4) is 11.5 Å². The van der Waals surface area contributed by atoms with E-state index in [2.05, 4.69) is 10.1 Å². The van der Waals surface area contributed by atoms with Crippen LogP contribution in [-0.4, -0.2) is 34.9 Å². The molecule has 7 heteroatoms. The van der Waals surface area contributed by atoms with Crippen LogP contribution >= 0.6 is 0 Å². The minimum atomic E-state index is -0.142. The van der Waals surface area contributed by atoms with Gasteiger partial charge in [-0.3, -0.25) is 9.69 Å². The van der Waals surface area contributed by atoms with E-state index in [0.29, 0.717) is 18.8 Å². The summed E-state index contributed by atoms with van der Waals surface area (Å²) in [5.41, 5.74) is 2.14.